The van der Waals surface area contributed by atoms with Gasteiger partial charge < -0.3 is 9.27 Å². The monoisotopic (exact) mass is 138 g/mol. The smallest absolute Gasteiger partial charge is 0.152 e. The minimum atomic E-state index is 1.29. The fourth-order valence-electron chi connectivity index (χ4n) is 0.452. The SMILES string of the molecule is [B][B]N([B][B])[B][B]N([B][B])[B][B]. The van der Waals surface area contributed by atoms with Crippen LogP contribution in [0.2, 0.25) is 0 Å². The van der Waals surface area contributed by atoms with Gasteiger partial charge in [0, 0.05) is 30.9 Å². The van der Waals surface area contributed by atoms with E-state index < -0.39 is 0 Å². The maximum atomic E-state index is 5.19. The van der Waals surface area contributed by atoms with E-state index in [0.29, 0.717) is 0 Å². The molecule has 0 atom stereocenters. The second-order valence-corrected chi connectivity index (χ2v) is 1.79. The van der Waals surface area contributed by atoms with Gasteiger partial charge in [0.25, 0.3) is 0 Å². The Morgan fingerprint density at radius 2 is 0.833 bits per heavy atom. The minimum absolute atomic E-state index is 1.29. The average molecular weight is 136 g/mol. The van der Waals surface area contributed by atoms with Crippen molar-refractivity contribution in [2.75, 3.05) is 0 Å². The topological polar surface area (TPSA) is 6.48 Å². The lowest BCUT2D eigenvalue weighted by atomic mass is 9.34. The van der Waals surface area contributed by atoms with Gasteiger partial charge in [-0.3, -0.25) is 0 Å². The molecule has 0 aliphatic carbocycles. The Hall–Kier alpha value is 0.569. The third kappa shape index (κ3) is 5.26. The van der Waals surface area contributed by atoms with Gasteiger partial charge in [0.05, 0.1) is 0 Å². The molecular weight excluding hydrogens is 136 g/mol. The van der Waals surface area contributed by atoms with Crippen molar-refractivity contribution in [3.05, 3.63) is 0 Å². The molecule has 0 saturated carbocycles. The van der Waals surface area contributed by atoms with Crippen LogP contribution in [0.1, 0.15) is 0 Å². The van der Waals surface area contributed by atoms with Crippen LogP contribution < -0.4 is 0 Å². The molecule has 40 valence electrons. The third-order valence-corrected chi connectivity index (χ3v) is 1.10. The van der Waals surface area contributed by atoms with Crippen LogP contribution in [-0.2, 0) is 0 Å². The Kier molecular flexibility index (Phi) is 8.57. The summed E-state index contributed by atoms with van der Waals surface area (Å²) < 4.78 is 2.89. The van der Waals surface area contributed by atoms with Crippen molar-refractivity contribution in [1.82, 2.24) is 9.27 Å². The highest BCUT2D eigenvalue weighted by Crippen LogP contribution is 1.76. The van der Waals surface area contributed by atoms with E-state index in [1.54, 1.807) is 14.6 Å². The van der Waals surface area contributed by atoms with Gasteiger partial charge in [-0.1, -0.05) is 0 Å². The van der Waals surface area contributed by atoms with Gasteiger partial charge in [0.15, 0.2) is 14.6 Å². The van der Waals surface area contributed by atoms with Crippen molar-refractivity contribution < 1.29 is 0 Å². The highest BCUT2D eigenvalue weighted by atomic mass is 14.9. The van der Waals surface area contributed by atoms with Crippen molar-refractivity contribution in [2.45, 2.75) is 0 Å². The van der Waals surface area contributed by atoms with Gasteiger partial charge in [-0.25, -0.2) is 0 Å². The standard InChI is InChI=1S/B10N2/c1-5-11(6-2)9-10-12(7-3)8-4. The molecule has 0 fully saturated rings. The van der Waals surface area contributed by atoms with Crippen molar-refractivity contribution in [3.63, 3.8) is 0 Å². The molecule has 0 bridgehead atoms. The quantitative estimate of drug-likeness (QED) is 0.326. The largest absolute Gasteiger partial charge is 0.460 e. The van der Waals surface area contributed by atoms with Crippen molar-refractivity contribution in [2.24, 2.45) is 0 Å². The van der Waals surface area contributed by atoms with Gasteiger partial charge in [-0.05, 0) is 0 Å². The number of rotatable bonds is 7. The molecule has 0 heterocycles. The molecule has 0 rings (SSSR count). The summed E-state index contributed by atoms with van der Waals surface area (Å²) in [7, 11) is 29.1. The number of nitrogens with zero attached hydrogens (tertiary/aromatic N) is 2. The van der Waals surface area contributed by atoms with Crippen molar-refractivity contribution >= 4 is 74.8 Å². The fraction of sp³-hybridized carbons (Fsp3) is 0. The molecule has 12 heteroatoms. The van der Waals surface area contributed by atoms with Crippen LogP contribution in [-0.4, -0.2) is 84.0 Å². The second kappa shape index (κ2) is 8.18. The van der Waals surface area contributed by atoms with Gasteiger partial charge in [0.2, 0.25) is 0 Å². The van der Waals surface area contributed by atoms with Crippen LogP contribution in [0.15, 0.2) is 0 Å². The molecule has 0 aliphatic heterocycles. The first-order valence-electron chi connectivity index (χ1n) is 3.22. The lowest BCUT2D eigenvalue weighted by Gasteiger charge is -2.23. The van der Waals surface area contributed by atoms with Crippen LogP contribution in [0.5, 0.6) is 0 Å². The molecule has 14 radical (unpaired) electrons. The molecule has 0 aromatic rings. The summed E-state index contributed by atoms with van der Waals surface area (Å²) in [5.74, 6) is 0. The molecule has 0 N–H and O–H groups in total. The lowest BCUT2D eigenvalue weighted by Crippen LogP contribution is -2.47. The van der Waals surface area contributed by atoms with E-state index in [1.165, 1.54) is 38.5 Å². The summed E-state index contributed by atoms with van der Waals surface area (Å²) in [6, 6.07) is 0. The van der Waals surface area contributed by atoms with Crippen LogP contribution in [0, 0.1) is 0 Å². The van der Waals surface area contributed by atoms with Gasteiger partial charge in [-0.2, -0.15) is 0 Å². The van der Waals surface area contributed by atoms with E-state index in [0.717, 1.165) is 0 Å². The maximum absolute atomic E-state index is 5.19. The van der Waals surface area contributed by atoms with Crippen LogP contribution in [0.4, 0.5) is 0 Å². The van der Waals surface area contributed by atoms with E-state index in [2.05, 4.69) is 0 Å². The van der Waals surface area contributed by atoms with Crippen molar-refractivity contribution in [1.29, 1.82) is 0 Å². The molecule has 0 unspecified atom stereocenters. The first kappa shape index (κ1) is 12.6. The zero-order valence-electron chi connectivity index (χ0n) is 6.67. The van der Waals surface area contributed by atoms with E-state index >= 15 is 0 Å². The summed E-state index contributed by atoms with van der Waals surface area (Å²) in [6.07, 6.45) is 0. The molecule has 2 nitrogen and oxygen atoms in total. The average Bonchev–Trinajstić information content (AvgIpc) is 2.13. The molecular formula is B10N2. The second-order valence-electron chi connectivity index (χ2n) is 1.79. The summed E-state index contributed by atoms with van der Waals surface area (Å²) in [6.45, 7) is 0. The highest BCUT2D eigenvalue weighted by Gasteiger charge is 2.06. The predicted octanol–water partition coefficient (Wildman–Crippen LogP) is -4.45. The Labute approximate surface area is 84.5 Å². The van der Waals surface area contributed by atoms with Gasteiger partial charge in [0.1, 0.15) is 29.2 Å². The number of hydrogen-bond donors (Lipinski definition) is 0. The molecule has 0 spiro atoms. The zero-order valence-corrected chi connectivity index (χ0v) is 6.67. The lowest BCUT2D eigenvalue weighted by molar-refractivity contribution is 1.11. The predicted molar refractivity (Wildman–Crippen MR) is 61.2 cm³/mol. The molecule has 0 amide bonds. The Morgan fingerprint density at radius 3 is 1.00 bits per heavy atom. The molecule has 12 heavy (non-hydrogen) atoms. The fourth-order valence-corrected chi connectivity index (χ4v) is 0.452. The molecule has 0 saturated heterocycles. The Bertz CT molecular complexity index is 73.8. The Morgan fingerprint density at radius 1 is 0.583 bits per heavy atom. The van der Waals surface area contributed by atoms with E-state index in [-0.39, 0.29) is 0 Å². The summed E-state index contributed by atoms with van der Waals surface area (Å²) in [4.78, 5) is 0. The zero-order chi connectivity index (χ0) is 9.40. The molecule has 0 aliphatic rings. The van der Waals surface area contributed by atoms with Gasteiger partial charge in [-0.15, -0.1) is 0 Å². The first-order valence-corrected chi connectivity index (χ1v) is 3.22. The summed E-state index contributed by atoms with van der Waals surface area (Å²) in [5.41, 5.74) is 0. The molecule has 0 aromatic carbocycles. The minimum Gasteiger partial charge on any atom is -0.460 e. The third-order valence-electron chi connectivity index (χ3n) is 1.10. The normalized spacial score (nSPS) is 9.17. The first-order chi connectivity index (χ1) is 5.78. The van der Waals surface area contributed by atoms with Crippen LogP contribution in [0.3, 0.4) is 0 Å². The van der Waals surface area contributed by atoms with Gasteiger partial charge >= 0.3 is 0 Å². The summed E-state index contributed by atoms with van der Waals surface area (Å²) >= 11 is 0. The summed E-state index contributed by atoms with van der Waals surface area (Å²) in [5, 5.41) is 0. The van der Waals surface area contributed by atoms with Crippen molar-refractivity contribution in [3.8, 4) is 0 Å². The maximum Gasteiger partial charge on any atom is 0.152 e. The molecule has 0 aromatic heterocycles. The van der Waals surface area contributed by atoms with Crippen LogP contribution >= 0.6 is 0 Å². The van der Waals surface area contributed by atoms with E-state index in [9.17, 15) is 0 Å². The van der Waals surface area contributed by atoms with E-state index in [1.807, 2.05) is 0 Å². The Balaban J connectivity index is 3.49. The van der Waals surface area contributed by atoms with Crippen LogP contribution in [0.25, 0.3) is 0 Å². The number of hydrogen-bond acceptors (Lipinski definition) is 2. The van der Waals surface area contributed by atoms with E-state index in [4.69, 9.17) is 30.9 Å². The highest BCUT2D eigenvalue weighted by molar-refractivity contribution is 7.17.